The van der Waals surface area contributed by atoms with E-state index in [1.807, 2.05) is 0 Å². The molecule has 1 atom stereocenters. The number of aromatic nitrogens is 3. The third kappa shape index (κ3) is 4.19. The Morgan fingerprint density at radius 3 is 2.52 bits per heavy atom. The van der Waals surface area contributed by atoms with Gasteiger partial charge in [-0.1, -0.05) is 12.1 Å². The molecule has 0 aliphatic heterocycles. The van der Waals surface area contributed by atoms with Crippen molar-refractivity contribution in [2.75, 3.05) is 0 Å². The van der Waals surface area contributed by atoms with Crippen LogP contribution >= 0.6 is 0 Å². The third-order valence-corrected chi connectivity index (χ3v) is 2.49. The molecule has 1 heterocycles. The fourth-order valence-corrected chi connectivity index (χ4v) is 1.61. The standard InChI is InChI=1S/C12H9F3N4O2/c13-12(14,15)21-9-3-1-8(2-4-9)10(20)6-19-7-17-11(5-16)18-19/h1-4,7,10,20H,6H2. The van der Waals surface area contributed by atoms with E-state index in [1.54, 1.807) is 6.07 Å². The van der Waals surface area contributed by atoms with Crippen molar-refractivity contribution in [2.45, 2.75) is 19.0 Å². The summed E-state index contributed by atoms with van der Waals surface area (Å²) in [6.07, 6.45) is -4.48. The van der Waals surface area contributed by atoms with Crippen molar-refractivity contribution in [1.29, 1.82) is 5.26 Å². The molecular formula is C12H9F3N4O2. The SMILES string of the molecule is N#Cc1ncn(CC(O)c2ccc(OC(F)(F)F)cc2)n1. The molecule has 1 aromatic heterocycles. The van der Waals surface area contributed by atoms with Gasteiger partial charge in [-0.25, -0.2) is 9.67 Å². The maximum absolute atomic E-state index is 12.0. The van der Waals surface area contributed by atoms with Crippen LogP contribution in [0.3, 0.4) is 0 Å². The number of benzene rings is 1. The van der Waals surface area contributed by atoms with Crippen LogP contribution in [0.25, 0.3) is 0 Å². The zero-order valence-electron chi connectivity index (χ0n) is 10.4. The first-order valence-electron chi connectivity index (χ1n) is 5.71. The Kier molecular flexibility index (Phi) is 4.09. The van der Waals surface area contributed by atoms with Gasteiger partial charge in [0.05, 0.1) is 12.6 Å². The van der Waals surface area contributed by atoms with E-state index in [1.165, 1.54) is 23.1 Å². The van der Waals surface area contributed by atoms with Crippen molar-refractivity contribution in [3.63, 3.8) is 0 Å². The van der Waals surface area contributed by atoms with E-state index < -0.39 is 12.5 Å². The second kappa shape index (κ2) is 5.80. The van der Waals surface area contributed by atoms with Gasteiger partial charge in [0.15, 0.2) is 0 Å². The summed E-state index contributed by atoms with van der Waals surface area (Å²) in [7, 11) is 0. The summed E-state index contributed by atoms with van der Waals surface area (Å²) in [6.45, 7) is 0.0220. The Morgan fingerprint density at radius 1 is 1.33 bits per heavy atom. The monoisotopic (exact) mass is 298 g/mol. The molecular weight excluding hydrogens is 289 g/mol. The quantitative estimate of drug-likeness (QED) is 0.930. The van der Waals surface area contributed by atoms with Crippen LogP contribution in [0.2, 0.25) is 0 Å². The van der Waals surface area contributed by atoms with E-state index in [4.69, 9.17) is 5.26 Å². The van der Waals surface area contributed by atoms with E-state index in [9.17, 15) is 18.3 Å². The molecule has 21 heavy (non-hydrogen) atoms. The summed E-state index contributed by atoms with van der Waals surface area (Å²) in [4.78, 5) is 3.67. The molecule has 0 amide bonds. The summed E-state index contributed by atoms with van der Waals surface area (Å²) in [5.41, 5.74) is 0.388. The lowest BCUT2D eigenvalue weighted by molar-refractivity contribution is -0.274. The first kappa shape index (κ1) is 14.8. The maximum Gasteiger partial charge on any atom is 0.573 e. The second-order valence-electron chi connectivity index (χ2n) is 4.03. The molecule has 0 aliphatic rings. The zero-order valence-corrected chi connectivity index (χ0v) is 10.4. The summed E-state index contributed by atoms with van der Waals surface area (Å²) >= 11 is 0. The van der Waals surface area contributed by atoms with E-state index in [0.29, 0.717) is 5.56 Å². The summed E-state index contributed by atoms with van der Waals surface area (Å²) in [6, 6.07) is 6.58. The van der Waals surface area contributed by atoms with Crippen molar-refractivity contribution in [3.8, 4) is 11.8 Å². The minimum atomic E-state index is -4.76. The molecule has 0 bridgehead atoms. The Morgan fingerprint density at radius 2 is 2.00 bits per heavy atom. The average Bonchev–Trinajstić information content (AvgIpc) is 2.85. The molecule has 1 aromatic carbocycles. The van der Waals surface area contributed by atoms with Crippen LogP contribution in [-0.2, 0) is 6.54 Å². The number of halogens is 3. The lowest BCUT2D eigenvalue weighted by atomic mass is 10.1. The summed E-state index contributed by atoms with van der Waals surface area (Å²) in [5.74, 6) is -0.401. The van der Waals surface area contributed by atoms with Gasteiger partial charge in [0.1, 0.15) is 18.1 Å². The Hall–Kier alpha value is -2.60. The fourth-order valence-electron chi connectivity index (χ4n) is 1.61. The summed E-state index contributed by atoms with van der Waals surface area (Å²) < 4.78 is 41.0. The molecule has 0 saturated carbocycles. The first-order valence-corrected chi connectivity index (χ1v) is 5.71. The zero-order chi connectivity index (χ0) is 15.5. The van der Waals surface area contributed by atoms with Gasteiger partial charge in [-0.15, -0.1) is 18.3 Å². The lowest BCUT2D eigenvalue weighted by Gasteiger charge is -2.12. The van der Waals surface area contributed by atoms with Crippen LogP contribution in [0.4, 0.5) is 13.2 Å². The minimum Gasteiger partial charge on any atom is -0.406 e. The smallest absolute Gasteiger partial charge is 0.406 e. The molecule has 0 aliphatic carbocycles. The molecule has 0 radical (unpaired) electrons. The van der Waals surface area contributed by atoms with Gasteiger partial charge in [-0.3, -0.25) is 0 Å². The van der Waals surface area contributed by atoms with Crippen LogP contribution in [0, 0.1) is 11.3 Å². The molecule has 9 heteroatoms. The Labute approximate surface area is 117 Å². The van der Waals surface area contributed by atoms with Gasteiger partial charge in [0.25, 0.3) is 5.82 Å². The highest BCUT2D eigenvalue weighted by molar-refractivity contribution is 5.28. The van der Waals surface area contributed by atoms with Crippen LogP contribution in [0.15, 0.2) is 30.6 Å². The summed E-state index contributed by atoms with van der Waals surface area (Å²) in [5, 5.41) is 22.3. The van der Waals surface area contributed by atoms with Gasteiger partial charge in [0, 0.05) is 0 Å². The molecule has 1 N–H and O–H groups in total. The number of hydrogen-bond acceptors (Lipinski definition) is 5. The van der Waals surface area contributed by atoms with Crippen molar-refractivity contribution >= 4 is 0 Å². The number of rotatable bonds is 4. The normalized spacial score (nSPS) is 12.7. The van der Waals surface area contributed by atoms with Gasteiger partial charge in [0.2, 0.25) is 0 Å². The van der Waals surface area contributed by atoms with E-state index in [-0.39, 0.29) is 18.1 Å². The lowest BCUT2D eigenvalue weighted by Crippen LogP contribution is -2.17. The van der Waals surface area contributed by atoms with Gasteiger partial charge < -0.3 is 9.84 Å². The fraction of sp³-hybridized carbons (Fsp3) is 0.250. The minimum absolute atomic E-state index is 0.0220. The first-order chi connectivity index (χ1) is 9.87. The second-order valence-corrected chi connectivity index (χ2v) is 4.03. The largest absolute Gasteiger partial charge is 0.573 e. The Balaban J connectivity index is 2.02. The molecule has 110 valence electrons. The topological polar surface area (TPSA) is 84.0 Å². The number of ether oxygens (including phenoxy) is 1. The van der Waals surface area contributed by atoms with Crippen molar-refractivity contribution in [3.05, 3.63) is 42.0 Å². The molecule has 6 nitrogen and oxygen atoms in total. The predicted octanol–water partition coefficient (Wildman–Crippen LogP) is 1.78. The number of aliphatic hydroxyl groups is 1. The van der Waals surface area contributed by atoms with Crippen LogP contribution in [0.5, 0.6) is 5.75 Å². The average molecular weight is 298 g/mol. The maximum atomic E-state index is 12.0. The van der Waals surface area contributed by atoms with Crippen LogP contribution in [-0.4, -0.2) is 26.2 Å². The highest BCUT2D eigenvalue weighted by atomic mass is 19.4. The molecule has 0 spiro atoms. The Bertz CT molecular complexity index is 646. The van der Waals surface area contributed by atoms with Crippen LogP contribution < -0.4 is 4.74 Å². The van der Waals surface area contributed by atoms with Crippen molar-refractivity contribution < 1.29 is 23.0 Å². The number of hydrogen-bond donors (Lipinski definition) is 1. The van der Waals surface area contributed by atoms with Crippen molar-refractivity contribution in [2.24, 2.45) is 0 Å². The predicted molar refractivity (Wildman–Crippen MR) is 62.8 cm³/mol. The molecule has 1 unspecified atom stereocenters. The number of nitriles is 1. The molecule has 0 fully saturated rings. The van der Waals surface area contributed by atoms with E-state index in [0.717, 1.165) is 12.1 Å². The van der Waals surface area contributed by atoms with E-state index in [2.05, 4.69) is 14.8 Å². The number of aliphatic hydroxyl groups excluding tert-OH is 1. The molecule has 2 aromatic rings. The highest BCUT2D eigenvalue weighted by Gasteiger charge is 2.31. The highest BCUT2D eigenvalue weighted by Crippen LogP contribution is 2.24. The van der Waals surface area contributed by atoms with E-state index >= 15 is 0 Å². The molecule has 2 rings (SSSR count). The van der Waals surface area contributed by atoms with Gasteiger partial charge in [-0.2, -0.15) is 5.26 Å². The number of alkyl halides is 3. The van der Waals surface area contributed by atoms with Gasteiger partial charge in [-0.05, 0) is 17.7 Å². The molecule has 0 saturated heterocycles. The van der Waals surface area contributed by atoms with Crippen molar-refractivity contribution in [1.82, 2.24) is 14.8 Å². The number of nitrogens with zero attached hydrogens (tertiary/aromatic N) is 4. The third-order valence-electron chi connectivity index (χ3n) is 2.49. The van der Waals surface area contributed by atoms with Gasteiger partial charge >= 0.3 is 6.36 Å². The van der Waals surface area contributed by atoms with Crippen LogP contribution in [0.1, 0.15) is 17.5 Å².